The monoisotopic (exact) mass is 373 g/mol. The van der Waals surface area contributed by atoms with Crippen molar-refractivity contribution in [2.75, 3.05) is 20.1 Å². The van der Waals surface area contributed by atoms with Crippen LogP contribution < -0.4 is 0 Å². The number of imidazole rings is 1. The third kappa shape index (κ3) is 2.71. The summed E-state index contributed by atoms with van der Waals surface area (Å²) in [5, 5.41) is 0. The van der Waals surface area contributed by atoms with Crippen LogP contribution in [0.2, 0.25) is 0 Å². The van der Waals surface area contributed by atoms with Gasteiger partial charge in [-0.1, -0.05) is 6.92 Å². The zero-order chi connectivity index (χ0) is 15.1. The van der Waals surface area contributed by atoms with E-state index in [0.717, 1.165) is 36.4 Å². The molecule has 3 rings (SSSR count). The highest BCUT2D eigenvalue weighted by Gasteiger charge is 2.29. The van der Waals surface area contributed by atoms with Crippen molar-refractivity contribution >= 4 is 38.6 Å². The highest BCUT2D eigenvalue weighted by atomic mass is 79.9. The molecule has 2 atom stereocenters. The maximum Gasteiger partial charge on any atom is 0.139 e. The molecule has 0 aliphatic carbocycles. The van der Waals surface area contributed by atoms with Gasteiger partial charge < -0.3 is 9.47 Å². The van der Waals surface area contributed by atoms with Crippen molar-refractivity contribution in [1.29, 1.82) is 0 Å². The molecule has 1 saturated heterocycles. The van der Waals surface area contributed by atoms with Gasteiger partial charge in [0.2, 0.25) is 0 Å². The molecule has 21 heavy (non-hydrogen) atoms. The molecule has 0 bridgehead atoms. The van der Waals surface area contributed by atoms with Crippen LogP contribution in [0.5, 0.6) is 0 Å². The summed E-state index contributed by atoms with van der Waals surface area (Å²) in [6.07, 6.45) is 1.03. The second-order valence-corrected chi connectivity index (χ2v) is 7.00. The smallest absolute Gasteiger partial charge is 0.139 e. The van der Waals surface area contributed by atoms with Gasteiger partial charge in [0.05, 0.1) is 21.4 Å². The summed E-state index contributed by atoms with van der Waals surface area (Å²) in [5.41, 5.74) is 1.64. The van der Waals surface area contributed by atoms with E-state index in [1.807, 2.05) is 0 Å². The number of rotatable bonds is 2. The molecule has 0 spiro atoms. The molecule has 2 heterocycles. The van der Waals surface area contributed by atoms with Crippen molar-refractivity contribution in [3.05, 3.63) is 28.2 Å². The number of piperidine rings is 1. The Kier molecular flexibility index (Phi) is 4.26. The maximum absolute atomic E-state index is 13.9. The summed E-state index contributed by atoms with van der Waals surface area (Å²) in [5.74, 6) is 1.39. The van der Waals surface area contributed by atoms with Crippen molar-refractivity contribution in [3.63, 3.8) is 0 Å². The Labute approximate surface area is 137 Å². The molecular weight excluding hydrogens is 357 g/mol. The van der Waals surface area contributed by atoms with Gasteiger partial charge in [-0.15, -0.1) is 11.6 Å². The molecule has 1 aromatic heterocycles. The van der Waals surface area contributed by atoms with E-state index in [1.54, 1.807) is 12.1 Å². The first-order valence-electron chi connectivity index (χ1n) is 7.11. The standard InChI is InChI=1S/C15H18BrClFN3/c1-9-8-20(2)4-3-13(9)21-14-6-11(18)10(16)5-12(14)19-15(21)7-17/h5-6,9,13H,3-4,7-8H2,1-2H3. The van der Waals surface area contributed by atoms with Gasteiger partial charge in [0.15, 0.2) is 0 Å². The van der Waals surface area contributed by atoms with Crippen LogP contribution in [0.1, 0.15) is 25.2 Å². The van der Waals surface area contributed by atoms with Gasteiger partial charge in [0, 0.05) is 18.7 Å². The molecule has 3 nitrogen and oxygen atoms in total. The fourth-order valence-electron chi connectivity index (χ4n) is 3.33. The number of halogens is 3. The van der Waals surface area contributed by atoms with Crippen LogP contribution >= 0.6 is 27.5 Å². The number of aromatic nitrogens is 2. The van der Waals surface area contributed by atoms with E-state index in [4.69, 9.17) is 11.6 Å². The quantitative estimate of drug-likeness (QED) is 0.735. The highest BCUT2D eigenvalue weighted by molar-refractivity contribution is 9.10. The molecule has 2 aromatic rings. The topological polar surface area (TPSA) is 21.1 Å². The van der Waals surface area contributed by atoms with E-state index in [2.05, 4.69) is 44.4 Å². The Morgan fingerprint density at radius 3 is 2.90 bits per heavy atom. The predicted molar refractivity (Wildman–Crippen MR) is 87.3 cm³/mol. The van der Waals surface area contributed by atoms with Crippen molar-refractivity contribution in [2.45, 2.75) is 25.3 Å². The summed E-state index contributed by atoms with van der Waals surface area (Å²) in [6.45, 7) is 4.31. The minimum atomic E-state index is -0.259. The lowest BCUT2D eigenvalue weighted by molar-refractivity contribution is 0.160. The first-order valence-corrected chi connectivity index (χ1v) is 8.44. The molecule has 0 radical (unpaired) electrons. The zero-order valence-corrected chi connectivity index (χ0v) is 14.5. The zero-order valence-electron chi connectivity index (χ0n) is 12.1. The van der Waals surface area contributed by atoms with Crippen LogP contribution in [0, 0.1) is 11.7 Å². The van der Waals surface area contributed by atoms with Crippen molar-refractivity contribution in [3.8, 4) is 0 Å². The van der Waals surface area contributed by atoms with E-state index in [0.29, 0.717) is 22.3 Å². The van der Waals surface area contributed by atoms with Gasteiger partial charge >= 0.3 is 0 Å². The van der Waals surface area contributed by atoms with Crippen LogP contribution in [0.15, 0.2) is 16.6 Å². The Hall–Kier alpha value is -0.650. The summed E-state index contributed by atoms with van der Waals surface area (Å²) in [6, 6.07) is 3.62. The largest absolute Gasteiger partial charge is 0.323 e. The third-order valence-electron chi connectivity index (χ3n) is 4.32. The number of alkyl halides is 1. The molecule has 0 saturated carbocycles. The van der Waals surface area contributed by atoms with E-state index < -0.39 is 0 Å². The lowest BCUT2D eigenvalue weighted by atomic mass is 9.93. The van der Waals surface area contributed by atoms with Crippen LogP contribution in [0.3, 0.4) is 0 Å². The number of hydrogen-bond acceptors (Lipinski definition) is 2. The van der Waals surface area contributed by atoms with Crippen LogP contribution in [0.25, 0.3) is 11.0 Å². The molecule has 6 heteroatoms. The van der Waals surface area contributed by atoms with E-state index in [9.17, 15) is 4.39 Å². The molecule has 1 aromatic carbocycles. The second-order valence-electron chi connectivity index (χ2n) is 5.88. The summed E-state index contributed by atoms with van der Waals surface area (Å²) < 4.78 is 16.5. The first kappa shape index (κ1) is 15.3. The van der Waals surface area contributed by atoms with E-state index in [-0.39, 0.29) is 5.82 Å². The molecule has 1 aliphatic rings. The Balaban J connectivity index is 2.14. The fraction of sp³-hybridized carbons (Fsp3) is 0.533. The van der Waals surface area contributed by atoms with Gasteiger partial charge in [0.25, 0.3) is 0 Å². The Morgan fingerprint density at radius 2 is 2.24 bits per heavy atom. The van der Waals surface area contributed by atoms with E-state index in [1.165, 1.54) is 0 Å². The maximum atomic E-state index is 13.9. The summed E-state index contributed by atoms with van der Waals surface area (Å²) in [4.78, 5) is 6.91. The fourth-order valence-corrected chi connectivity index (χ4v) is 3.85. The molecule has 1 fully saturated rings. The van der Waals surface area contributed by atoms with Gasteiger partial charge in [-0.3, -0.25) is 0 Å². The Bertz CT molecular complexity index is 672. The number of fused-ring (bicyclic) bond motifs is 1. The van der Waals surface area contributed by atoms with Gasteiger partial charge in [0.1, 0.15) is 11.6 Å². The molecule has 1 aliphatic heterocycles. The first-order chi connectivity index (χ1) is 10.0. The third-order valence-corrected chi connectivity index (χ3v) is 5.17. The number of benzene rings is 1. The van der Waals surface area contributed by atoms with Crippen molar-refractivity contribution < 1.29 is 4.39 Å². The number of likely N-dealkylation sites (tertiary alicyclic amines) is 1. The lowest BCUT2D eigenvalue weighted by Crippen LogP contribution is -2.38. The lowest BCUT2D eigenvalue weighted by Gasteiger charge is -2.36. The number of nitrogens with zero attached hydrogens (tertiary/aromatic N) is 3. The molecule has 0 N–H and O–H groups in total. The Morgan fingerprint density at radius 1 is 1.48 bits per heavy atom. The van der Waals surface area contributed by atoms with E-state index >= 15 is 0 Å². The van der Waals surface area contributed by atoms with Crippen LogP contribution in [-0.4, -0.2) is 34.6 Å². The number of hydrogen-bond donors (Lipinski definition) is 0. The normalized spacial score (nSPS) is 23.9. The summed E-state index contributed by atoms with van der Waals surface area (Å²) in [7, 11) is 2.14. The SMILES string of the molecule is CC1CN(C)CCC1n1c(CCl)nc2cc(Br)c(F)cc21. The van der Waals surface area contributed by atoms with Gasteiger partial charge in [-0.2, -0.15) is 0 Å². The predicted octanol–water partition coefficient (Wildman–Crippen LogP) is 4.19. The average Bonchev–Trinajstić information content (AvgIpc) is 2.77. The molecule has 114 valence electrons. The van der Waals surface area contributed by atoms with Crippen molar-refractivity contribution in [2.24, 2.45) is 5.92 Å². The minimum Gasteiger partial charge on any atom is -0.323 e. The van der Waals surface area contributed by atoms with Gasteiger partial charge in [-0.05, 0) is 47.9 Å². The van der Waals surface area contributed by atoms with Crippen molar-refractivity contribution in [1.82, 2.24) is 14.5 Å². The van der Waals surface area contributed by atoms with Gasteiger partial charge in [-0.25, -0.2) is 9.37 Å². The molecule has 2 unspecified atom stereocenters. The average molecular weight is 375 g/mol. The molecular formula is C15H18BrClFN3. The van der Waals surface area contributed by atoms with Crippen LogP contribution in [-0.2, 0) is 5.88 Å². The molecule has 0 amide bonds. The second kappa shape index (κ2) is 5.86. The van der Waals surface area contributed by atoms with Crippen LogP contribution in [0.4, 0.5) is 4.39 Å². The highest BCUT2D eigenvalue weighted by Crippen LogP contribution is 2.34. The summed E-state index contributed by atoms with van der Waals surface area (Å²) >= 11 is 9.30. The minimum absolute atomic E-state index is 0.259.